The van der Waals surface area contributed by atoms with Gasteiger partial charge in [0.1, 0.15) is 29.3 Å². The van der Waals surface area contributed by atoms with E-state index >= 15 is 0 Å². The lowest BCUT2D eigenvalue weighted by Crippen LogP contribution is -2.40. The Morgan fingerprint density at radius 1 is 1.10 bits per heavy atom. The van der Waals surface area contributed by atoms with Crippen LogP contribution in [0.5, 0.6) is 0 Å². The molecule has 2 aromatic heterocycles. The molecule has 0 radical (unpaired) electrons. The number of hydrogen-bond acceptors (Lipinski definition) is 7. The molecule has 0 saturated carbocycles. The van der Waals surface area contributed by atoms with Gasteiger partial charge in [0.2, 0.25) is 0 Å². The second-order valence-electron chi connectivity index (χ2n) is 11.1. The van der Waals surface area contributed by atoms with Gasteiger partial charge in [-0.05, 0) is 81.5 Å². The average molecular weight is 541 g/mol. The second kappa shape index (κ2) is 11.8. The topological polar surface area (TPSA) is 108 Å². The van der Waals surface area contributed by atoms with Crippen LogP contribution in [0.4, 0.5) is 17.5 Å². The Balaban J connectivity index is 1.27. The first kappa shape index (κ1) is 27.2. The molecule has 1 atom stereocenters. The summed E-state index contributed by atoms with van der Waals surface area (Å²) >= 11 is 0. The van der Waals surface area contributed by atoms with Crippen molar-refractivity contribution >= 4 is 23.4 Å². The van der Waals surface area contributed by atoms with Gasteiger partial charge in [-0.25, -0.2) is 9.97 Å². The highest BCUT2D eigenvalue weighted by molar-refractivity contribution is 5.74. The van der Waals surface area contributed by atoms with Crippen molar-refractivity contribution in [3.8, 4) is 11.3 Å². The van der Waals surface area contributed by atoms with Crippen LogP contribution in [0.15, 0.2) is 84.3 Å². The van der Waals surface area contributed by atoms with Crippen LogP contribution >= 0.6 is 0 Å². The predicted octanol–water partition coefficient (Wildman–Crippen LogP) is 6.65. The highest BCUT2D eigenvalue weighted by Crippen LogP contribution is 2.28. The number of aliphatic carboxylic acids is 1. The summed E-state index contributed by atoms with van der Waals surface area (Å²) in [6.07, 6.45) is 7.71. The minimum Gasteiger partial charge on any atom is -0.508 e. The number of aromatic nitrogens is 2. The number of ether oxygens (including phenoxy) is 1. The van der Waals surface area contributed by atoms with E-state index in [9.17, 15) is 15.0 Å². The van der Waals surface area contributed by atoms with E-state index in [1.165, 1.54) is 0 Å². The van der Waals surface area contributed by atoms with Crippen molar-refractivity contribution in [2.75, 3.05) is 23.3 Å². The largest absolute Gasteiger partial charge is 0.508 e. The van der Waals surface area contributed by atoms with Gasteiger partial charge in [0.05, 0.1) is 17.7 Å². The maximum atomic E-state index is 11.6. The summed E-state index contributed by atoms with van der Waals surface area (Å²) in [4.78, 5) is 23.5. The second-order valence-corrected chi connectivity index (χ2v) is 11.1. The Kier molecular flexibility index (Phi) is 8.05. The number of aliphatic hydroxyl groups excluding tert-OH is 1. The molecule has 1 aliphatic heterocycles. The molecule has 0 amide bonds. The first-order chi connectivity index (χ1) is 19.3. The van der Waals surface area contributed by atoms with E-state index in [-0.39, 0.29) is 6.10 Å². The first-order valence-corrected chi connectivity index (χ1v) is 13.8. The van der Waals surface area contributed by atoms with Gasteiger partial charge in [-0.3, -0.25) is 4.79 Å². The van der Waals surface area contributed by atoms with Crippen molar-refractivity contribution in [2.24, 2.45) is 5.41 Å². The van der Waals surface area contributed by atoms with Gasteiger partial charge in [-0.1, -0.05) is 36.4 Å². The molecule has 3 heterocycles. The molecular formula is C32H36N4O4. The van der Waals surface area contributed by atoms with Gasteiger partial charge in [-0.2, -0.15) is 0 Å². The molecule has 1 unspecified atom stereocenters. The van der Waals surface area contributed by atoms with Gasteiger partial charge in [-0.15, -0.1) is 0 Å². The Morgan fingerprint density at radius 3 is 2.67 bits per heavy atom. The van der Waals surface area contributed by atoms with E-state index in [0.717, 1.165) is 48.4 Å². The van der Waals surface area contributed by atoms with Crippen LogP contribution in [-0.4, -0.2) is 45.3 Å². The fourth-order valence-corrected chi connectivity index (χ4v) is 5.05. The molecule has 0 bridgehead atoms. The molecule has 2 aliphatic rings. The van der Waals surface area contributed by atoms with Crippen molar-refractivity contribution in [1.29, 1.82) is 0 Å². The monoisotopic (exact) mass is 540 g/mol. The van der Waals surface area contributed by atoms with Crippen LogP contribution in [0.2, 0.25) is 0 Å². The molecule has 208 valence electrons. The molecule has 1 fully saturated rings. The number of nitrogens with one attached hydrogen (secondary N) is 1. The van der Waals surface area contributed by atoms with Gasteiger partial charge in [0.25, 0.3) is 0 Å². The number of aliphatic hydroxyl groups is 1. The molecule has 1 saturated heterocycles. The Hall–Kier alpha value is -4.33. The molecule has 8 nitrogen and oxygen atoms in total. The number of carbonyl (C=O) groups is 1. The highest BCUT2D eigenvalue weighted by Gasteiger charge is 2.27. The number of allylic oxidation sites excluding steroid dienone is 3. The quantitative estimate of drug-likeness (QED) is 0.277. The summed E-state index contributed by atoms with van der Waals surface area (Å²) < 4.78 is 6.14. The lowest BCUT2D eigenvalue weighted by molar-refractivity contribution is -0.146. The third-order valence-electron chi connectivity index (χ3n) is 7.28. The zero-order valence-electron chi connectivity index (χ0n) is 23.0. The molecule has 1 aromatic carbocycles. The predicted molar refractivity (Wildman–Crippen MR) is 157 cm³/mol. The van der Waals surface area contributed by atoms with E-state index in [1.54, 1.807) is 13.8 Å². The number of nitrogens with zero attached hydrogens (tertiary/aromatic N) is 3. The molecule has 5 rings (SSSR count). The van der Waals surface area contributed by atoms with E-state index in [2.05, 4.69) is 10.2 Å². The summed E-state index contributed by atoms with van der Waals surface area (Å²) in [6.45, 7) is 5.06. The third kappa shape index (κ3) is 6.62. The lowest BCUT2D eigenvalue weighted by Gasteiger charge is -2.34. The molecular weight excluding hydrogens is 504 g/mol. The fourth-order valence-electron chi connectivity index (χ4n) is 5.05. The number of benzene rings is 1. The van der Waals surface area contributed by atoms with Crippen LogP contribution in [0.25, 0.3) is 11.3 Å². The van der Waals surface area contributed by atoms with Crippen LogP contribution in [-0.2, 0) is 16.0 Å². The van der Waals surface area contributed by atoms with Crippen LogP contribution in [0, 0.1) is 5.41 Å². The Bertz CT molecular complexity index is 1430. The number of rotatable bonds is 9. The summed E-state index contributed by atoms with van der Waals surface area (Å²) in [6, 6.07) is 19.6. The number of piperidine rings is 1. The van der Waals surface area contributed by atoms with E-state index in [4.69, 9.17) is 14.7 Å². The number of pyridine rings is 2. The van der Waals surface area contributed by atoms with Crippen molar-refractivity contribution in [3.05, 3.63) is 89.9 Å². The molecule has 0 spiro atoms. The normalized spacial score (nSPS) is 17.6. The summed E-state index contributed by atoms with van der Waals surface area (Å²) in [5.74, 6) is 2.32. The molecule has 3 aromatic rings. The van der Waals surface area contributed by atoms with Crippen molar-refractivity contribution in [2.45, 2.75) is 52.1 Å². The summed E-state index contributed by atoms with van der Waals surface area (Å²) in [7, 11) is 0. The Labute approximate surface area is 235 Å². The lowest BCUT2D eigenvalue weighted by atomic mass is 9.85. The summed E-state index contributed by atoms with van der Waals surface area (Å²) in [5.41, 5.74) is 1.83. The number of hydrogen-bond donors (Lipinski definition) is 3. The van der Waals surface area contributed by atoms with E-state index in [0.29, 0.717) is 42.5 Å². The van der Waals surface area contributed by atoms with Crippen molar-refractivity contribution in [1.82, 2.24) is 9.97 Å². The molecule has 40 heavy (non-hydrogen) atoms. The van der Waals surface area contributed by atoms with E-state index in [1.807, 2.05) is 72.8 Å². The maximum absolute atomic E-state index is 11.6. The standard InChI is InChI=1S/C32H36N4O4/c1-32(2,31(38)39)20-22-9-5-10-23(19-22)25-12-6-15-28(33-25)34-29-16-7-17-30(35-29)36-18-8-11-24(21-36)40-27-14-4-3-13-26(27)37/h4-7,9-10,12,14-17,19,24,37H,3,8,11,13,18,20-21H2,1-2H3,(H,38,39)(H,33,34,35). The number of carboxylic acids is 1. The zero-order valence-corrected chi connectivity index (χ0v) is 23.0. The molecule has 8 heteroatoms. The number of carboxylic acid groups (broad SMARTS) is 1. The molecule has 3 N–H and O–H groups in total. The molecule has 1 aliphatic carbocycles. The van der Waals surface area contributed by atoms with Crippen molar-refractivity contribution in [3.63, 3.8) is 0 Å². The van der Waals surface area contributed by atoms with Crippen molar-refractivity contribution < 1.29 is 19.7 Å². The zero-order chi connectivity index (χ0) is 28.1. The Morgan fingerprint density at radius 2 is 1.88 bits per heavy atom. The van der Waals surface area contributed by atoms with Gasteiger partial charge >= 0.3 is 5.97 Å². The minimum atomic E-state index is -0.849. The smallest absolute Gasteiger partial charge is 0.309 e. The van der Waals surface area contributed by atoms with Gasteiger partial charge in [0, 0.05) is 18.5 Å². The fraction of sp³-hybridized carbons (Fsp3) is 0.344. The average Bonchev–Trinajstić information content (AvgIpc) is 2.95. The SMILES string of the molecule is CC(C)(Cc1cccc(-c2cccc(Nc3cccc(N4CCCC(OC5=C(O)CCC=C5)C4)n3)n2)c1)C(=O)O. The van der Waals surface area contributed by atoms with E-state index < -0.39 is 11.4 Å². The summed E-state index contributed by atoms with van der Waals surface area (Å²) in [5, 5.41) is 23.0. The first-order valence-electron chi connectivity index (χ1n) is 13.8. The minimum absolute atomic E-state index is 0.0118. The number of anilines is 3. The highest BCUT2D eigenvalue weighted by atomic mass is 16.5. The van der Waals surface area contributed by atoms with Crippen LogP contribution in [0.1, 0.15) is 45.1 Å². The third-order valence-corrected chi connectivity index (χ3v) is 7.28. The van der Waals surface area contributed by atoms with Gasteiger partial charge < -0.3 is 25.2 Å². The maximum Gasteiger partial charge on any atom is 0.309 e. The van der Waals surface area contributed by atoms with Crippen LogP contribution in [0.3, 0.4) is 0 Å². The van der Waals surface area contributed by atoms with Crippen LogP contribution < -0.4 is 10.2 Å². The van der Waals surface area contributed by atoms with Gasteiger partial charge in [0.15, 0.2) is 5.76 Å².